The topological polar surface area (TPSA) is 68.0 Å². The number of benzene rings is 1. The second kappa shape index (κ2) is 6.11. The highest BCUT2D eigenvalue weighted by Gasteiger charge is 2.08. The zero-order valence-corrected chi connectivity index (χ0v) is 10.9. The maximum atomic E-state index is 12.2. The second-order valence-electron chi connectivity index (χ2n) is 4.38. The summed E-state index contributed by atoms with van der Waals surface area (Å²) in [5.41, 5.74) is 8.96. The van der Waals surface area contributed by atoms with Crippen molar-refractivity contribution in [1.82, 2.24) is 4.98 Å². The quantitative estimate of drug-likeness (QED) is 0.879. The molecule has 0 aliphatic heterocycles. The van der Waals surface area contributed by atoms with Gasteiger partial charge in [-0.1, -0.05) is 12.1 Å². The van der Waals surface area contributed by atoms with Crippen molar-refractivity contribution in [3.05, 3.63) is 59.4 Å². The maximum Gasteiger partial charge on any atom is 0.255 e. The van der Waals surface area contributed by atoms with Crippen molar-refractivity contribution >= 4 is 11.6 Å². The average Bonchev–Trinajstić information content (AvgIpc) is 2.42. The molecule has 0 radical (unpaired) electrons. The van der Waals surface area contributed by atoms with Gasteiger partial charge in [0.1, 0.15) is 0 Å². The highest BCUT2D eigenvalue weighted by Crippen LogP contribution is 2.14. The lowest BCUT2D eigenvalue weighted by Gasteiger charge is -2.08. The molecule has 1 aromatic carbocycles. The lowest BCUT2D eigenvalue weighted by Crippen LogP contribution is -2.13. The lowest BCUT2D eigenvalue weighted by molar-refractivity contribution is 0.102. The lowest BCUT2D eigenvalue weighted by atomic mass is 10.1. The first kappa shape index (κ1) is 13.2. The van der Waals surface area contributed by atoms with Crippen molar-refractivity contribution in [2.45, 2.75) is 13.3 Å². The van der Waals surface area contributed by atoms with Crippen molar-refractivity contribution < 1.29 is 4.79 Å². The number of amides is 1. The number of nitrogens with one attached hydrogen (secondary N) is 1. The molecule has 0 aliphatic rings. The van der Waals surface area contributed by atoms with Crippen molar-refractivity contribution in [3.63, 3.8) is 0 Å². The summed E-state index contributed by atoms with van der Waals surface area (Å²) in [4.78, 5) is 16.2. The zero-order valence-electron chi connectivity index (χ0n) is 10.9. The van der Waals surface area contributed by atoms with Gasteiger partial charge in [0, 0.05) is 23.6 Å². The van der Waals surface area contributed by atoms with E-state index in [1.807, 2.05) is 25.1 Å². The molecule has 3 N–H and O–H groups in total. The number of carbonyl (C=O) groups excluding carboxylic acids is 1. The molecule has 0 atom stereocenters. The number of rotatable bonds is 4. The number of anilines is 1. The molecule has 98 valence electrons. The molecular formula is C15H17N3O. The number of nitrogens with two attached hydrogens (primary N) is 1. The Bertz CT molecular complexity index is 581. The normalized spacial score (nSPS) is 10.2. The molecule has 0 bridgehead atoms. The van der Waals surface area contributed by atoms with E-state index in [9.17, 15) is 4.79 Å². The predicted octanol–water partition coefficient (Wildman–Crippen LogP) is 2.14. The van der Waals surface area contributed by atoms with Crippen LogP contribution in [0.25, 0.3) is 0 Å². The highest BCUT2D eigenvalue weighted by molar-refractivity contribution is 6.04. The Kier molecular flexibility index (Phi) is 4.26. The third-order valence-corrected chi connectivity index (χ3v) is 2.89. The largest absolute Gasteiger partial charge is 0.330 e. The van der Waals surface area contributed by atoms with Crippen LogP contribution < -0.4 is 11.1 Å². The fraction of sp³-hybridized carbons (Fsp3) is 0.200. The van der Waals surface area contributed by atoms with Crippen LogP contribution in [0, 0.1) is 6.92 Å². The van der Waals surface area contributed by atoms with Gasteiger partial charge in [0.25, 0.3) is 5.91 Å². The fourth-order valence-electron chi connectivity index (χ4n) is 1.84. The molecule has 0 aliphatic carbocycles. The smallest absolute Gasteiger partial charge is 0.255 e. The Balaban J connectivity index is 2.16. The van der Waals surface area contributed by atoms with Gasteiger partial charge in [-0.2, -0.15) is 0 Å². The molecule has 0 fully saturated rings. The number of pyridine rings is 1. The van der Waals surface area contributed by atoms with E-state index in [0.29, 0.717) is 12.1 Å². The Morgan fingerprint density at radius 1 is 1.37 bits per heavy atom. The number of aryl methyl sites for hydroxylation is 1. The monoisotopic (exact) mass is 255 g/mol. The second-order valence-corrected chi connectivity index (χ2v) is 4.38. The Morgan fingerprint density at radius 2 is 2.21 bits per heavy atom. The summed E-state index contributed by atoms with van der Waals surface area (Å²) in [5.74, 6) is -0.117. The van der Waals surface area contributed by atoms with Gasteiger partial charge in [-0.05, 0) is 49.2 Å². The first-order chi connectivity index (χ1) is 9.20. The molecule has 1 aromatic heterocycles. The molecule has 1 heterocycles. The minimum atomic E-state index is -0.117. The van der Waals surface area contributed by atoms with Crippen LogP contribution in [0.3, 0.4) is 0 Å². The molecule has 4 heteroatoms. The van der Waals surface area contributed by atoms with E-state index >= 15 is 0 Å². The van der Waals surface area contributed by atoms with Gasteiger partial charge in [0.15, 0.2) is 0 Å². The van der Waals surface area contributed by atoms with Gasteiger partial charge in [0.2, 0.25) is 0 Å². The maximum absolute atomic E-state index is 12.2. The SMILES string of the molecule is Cc1cnccc1NC(=O)c1cccc(CCN)c1. The number of carbonyl (C=O) groups is 1. The van der Waals surface area contributed by atoms with Crippen LogP contribution in [-0.2, 0) is 6.42 Å². The summed E-state index contributed by atoms with van der Waals surface area (Å²) in [5, 5.41) is 2.89. The van der Waals surface area contributed by atoms with Crippen molar-refractivity contribution in [2.75, 3.05) is 11.9 Å². The fourth-order valence-corrected chi connectivity index (χ4v) is 1.84. The van der Waals surface area contributed by atoms with E-state index in [0.717, 1.165) is 23.2 Å². The summed E-state index contributed by atoms with van der Waals surface area (Å²) in [6.45, 7) is 2.49. The molecule has 0 saturated carbocycles. The van der Waals surface area contributed by atoms with Crippen LogP contribution >= 0.6 is 0 Å². The minimum absolute atomic E-state index is 0.117. The van der Waals surface area contributed by atoms with E-state index < -0.39 is 0 Å². The molecule has 19 heavy (non-hydrogen) atoms. The van der Waals surface area contributed by atoms with E-state index in [1.54, 1.807) is 24.5 Å². The molecule has 0 spiro atoms. The number of aromatic nitrogens is 1. The van der Waals surface area contributed by atoms with Crippen LogP contribution in [0.15, 0.2) is 42.7 Å². The zero-order chi connectivity index (χ0) is 13.7. The van der Waals surface area contributed by atoms with Gasteiger partial charge in [-0.3, -0.25) is 9.78 Å². The van der Waals surface area contributed by atoms with Gasteiger partial charge in [-0.15, -0.1) is 0 Å². The van der Waals surface area contributed by atoms with Crippen molar-refractivity contribution in [3.8, 4) is 0 Å². The Labute approximate surface area is 112 Å². The summed E-state index contributed by atoms with van der Waals surface area (Å²) < 4.78 is 0. The van der Waals surface area contributed by atoms with Crippen LogP contribution in [0.5, 0.6) is 0 Å². The average molecular weight is 255 g/mol. The van der Waals surface area contributed by atoms with Gasteiger partial charge in [0.05, 0.1) is 0 Å². The summed E-state index contributed by atoms with van der Waals surface area (Å²) in [7, 11) is 0. The molecule has 2 aromatic rings. The van der Waals surface area contributed by atoms with E-state index in [1.165, 1.54) is 0 Å². The summed E-state index contributed by atoms with van der Waals surface area (Å²) >= 11 is 0. The predicted molar refractivity (Wildman–Crippen MR) is 76.1 cm³/mol. The van der Waals surface area contributed by atoms with Crippen LogP contribution in [0.1, 0.15) is 21.5 Å². The highest BCUT2D eigenvalue weighted by atomic mass is 16.1. The van der Waals surface area contributed by atoms with Gasteiger partial charge >= 0.3 is 0 Å². The molecule has 0 unspecified atom stereocenters. The number of hydrogen-bond acceptors (Lipinski definition) is 3. The van der Waals surface area contributed by atoms with Crippen LogP contribution in [0.2, 0.25) is 0 Å². The Hall–Kier alpha value is -2.20. The van der Waals surface area contributed by atoms with E-state index in [-0.39, 0.29) is 5.91 Å². The van der Waals surface area contributed by atoms with Crippen LogP contribution in [0.4, 0.5) is 5.69 Å². The molecule has 1 amide bonds. The van der Waals surface area contributed by atoms with E-state index in [2.05, 4.69) is 10.3 Å². The van der Waals surface area contributed by atoms with Gasteiger partial charge < -0.3 is 11.1 Å². The first-order valence-corrected chi connectivity index (χ1v) is 6.21. The third-order valence-electron chi connectivity index (χ3n) is 2.89. The van der Waals surface area contributed by atoms with Crippen LogP contribution in [-0.4, -0.2) is 17.4 Å². The number of hydrogen-bond donors (Lipinski definition) is 2. The summed E-state index contributed by atoms with van der Waals surface area (Å²) in [6, 6.07) is 9.31. The van der Waals surface area contributed by atoms with Crippen molar-refractivity contribution in [2.24, 2.45) is 5.73 Å². The standard InChI is InChI=1S/C15H17N3O/c1-11-10-17-8-6-14(11)18-15(19)13-4-2-3-12(9-13)5-7-16/h2-4,6,8-10H,5,7,16H2,1H3,(H,17,18,19). The van der Waals surface area contributed by atoms with E-state index in [4.69, 9.17) is 5.73 Å². The van der Waals surface area contributed by atoms with Crippen molar-refractivity contribution in [1.29, 1.82) is 0 Å². The van der Waals surface area contributed by atoms with Gasteiger partial charge in [-0.25, -0.2) is 0 Å². The number of nitrogens with zero attached hydrogens (tertiary/aromatic N) is 1. The molecule has 0 saturated heterocycles. The molecule has 2 rings (SSSR count). The third kappa shape index (κ3) is 3.39. The molecular weight excluding hydrogens is 238 g/mol. The Morgan fingerprint density at radius 3 is 2.95 bits per heavy atom. The minimum Gasteiger partial charge on any atom is -0.330 e. The molecule has 4 nitrogen and oxygen atoms in total. The first-order valence-electron chi connectivity index (χ1n) is 6.21. The summed E-state index contributed by atoms with van der Waals surface area (Å²) in [6.07, 6.45) is 4.16.